The summed E-state index contributed by atoms with van der Waals surface area (Å²) in [6.45, 7) is 23.8. The molecule has 8 heterocycles. The van der Waals surface area contributed by atoms with Gasteiger partial charge in [0, 0.05) is 89.5 Å². The Bertz CT molecular complexity index is 1430. The van der Waals surface area contributed by atoms with Gasteiger partial charge in [-0.05, 0) is 223 Å². The predicted octanol–water partition coefficient (Wildman–Crippen LogP) is 2.51. The van der Waals surface area contributed by atoms with Gasteiger partial charge in [-0.15, -0.1) is 48.0 Å². The van der Waals surface area contributed by atoms with Crippen molar-refractivity contribution < 1.29 is 28.9 Å². The van der Waals surface area contributed by atoms with Gasteiger partial charge in [0.25, 0.3) is 7.41 Å². The van der Waals surface area contributed by atoms with Gasteiger partial charge in [-0.3, -0.25) is 4.79 Å². The summed E-state index contributed by atoms with van der Waals surface area (Å²) in [4.78, 5) is 56.6. The molecule has 471 valence electrons. The number of Topliss-reactive ketones (excluding diaryl/α,β-unsaturated/α-hetero) is 1. The average Bonchev–Trinajstić information content (AvgIpc) is 4.05. The molecule has 1 radical (unpaired) electrons. The van der Waals surface area contributed by atoms with Crippen LogP contribution in [0.3, 0.4) is 0 Å². The van der Waals surface area contributed by atoms with Crippen molar-refractivity contribution in [3.05, 3.63) is 0 Å². The molecular formula is C53H114B2Cl4N15O6. The Kier molecular flexibility index (Phi) is 56.0. The number of hydrogen-bond donors (Lipinski definition) is 10. The Morgan fingerprint density at radius 3 is 1.41 bits per heavy atom. The Hall–Kier alpha value is -1.35. The number of alkyl halides is 2. The number of nitrogens with one attached hydrogen (secondary N) is 7. The number of carbonyl (C=O) groups is 4. The zero-order valence-corrected chi connectivity index (χ0v) is 53.4. The Labute approximate surface area is 508 Å². The topological polar surface area (TPSA) is 253 Å². The first-order valence-electron chi connectivity index (χ1n) is 29.8. The van der Waals surface area contributed by atoms with Crippen LogP contribution in [0.1, 0.15) is 109 Å². The summed E-state index contributed by atoms with van der Waals surface area (Å²) in [7, 11) is 9.56. The molecule has 0 atom stereocenters. The van der Waals surface area contributed by atoms with Gasteiger partial charge >= 0.3 is 19.1 Å². The van der Waals surface area contributed by atoms with Gasteiger partial charge in [-0.25, -0.2) is 9.59 Å². The normalized spacial score (nSPS) is 20.6. The van der Waals surface area contributed by atoms with Gasteiger partial charge in [-0.2, -0.15) is 0 Å². The minimum atomic E-state index is -0.381. The van der Waals surface area contributed by atoms with E-state index in [9.17, 15) is 19.2 Å². The SMILES string of the molecule is C1CCOC1.CB(O)NCCCNC1CCN(C)CC1.CN1CCC(=O)CC1.CN1CCC(N2CCCNC2=O)CC1.CN1CCC(NCCCN)CC1.Cl.Cl.ClCCl.NCCCN[B]C=O.O=C1NCCCN1C1CCNCC1. The van der Waals surface area contributed by atoms with Crippen LogP contribution in [-0.4, -0.2) is 275 Å². The van der Waals surface area contributed by atoms with Crippen LogP contribution in [-0.2, 0) is 14.3 Å². The van der Waals surface area contributed by atoms with E-state index in [-0.39, 0.29) is 49.3 Å². The molecule has 80 heavy (non-hydrogen) atoms. The molecule has 12 N–H and O–H groups in total. The van der Waals surface area contributed by atoms with Crippen molar-refractivity contribution in [1.82, 2.24) is 66.4 Å². The van der Waals surface area contributed by atoms with Crippen molar-refractivity contribution in [2.75, 3.05) is 178 Å². The van der Waals surface area contributed by atoms with Gasteiger partial charge in [-0.1, -0.05) is 0 Å². The van der Waals surface area contributed by atoms with Crippen LogP contribution in [0.2, 0.25) is 6.82 Å². The molecule has 8 aliphatic heterocycles. The lowest BCUT2D eigenvalue weighted by Crippen LogP contribution is -2.53. The van der Waals surface area contributed by atoms with Crippen LogP contribution in [0.5, 0.6) is 0 Å². The highest BCUT2D eigenvalue weighted by Crippen LogP contribution is 2.18. The van der Waals surface area contributed by atoms with E-state index in [2.05, 4.69) is 77.8 Å². The van der Waals surface area contributed by atoms with Gasteiger partial charge in [0.1, 0.15) is 5.78 Å². The largest absolute Gasteiger partial charge is 0.437 e. The summed E-state index contributed by atoms with van der Waals surface area (Å²) in [5.41, 5.74) is 10.6. The van der Waals surface area contributed by atoms with Crippen molar-refractivity contribution in [2.24, 2.45) is 11.5 Å². The minimum absolute atomic E-state index is 0. The van der Waals surface area contributed by atoms with Crippen LogP contribution < -0.4 is 48.5 Å². The molecule has 8 rings (SSSR count). The highest BCUT2D eigenvalue weighted by Gasteiger charge is 2.29. The monoisotopic (exact) mass is 1220 g/mol. The van der Waals surface area contributed by atoms with Crippen molar-refractivity contribution >= 4 is 86.5 Å². The second kappa shape index (κ2) is 55.5. The molecule has 0 bridgehead atoms. The van der Waals surface area contributed by atoms with E-state index in [0.29, 0.717) is 30.5 Å². The summed E-state index contributed by atoms with van der Waals surface area (Å²) in [6.07, 6.45) is 19.7. The van der Waals surface area contributed by atoms with Crippen molar-refractivity contribution in [3.8, 4) is 0 Å². The number of hydrogen-bond acceptors (Lipinski definition) is 17. The third-order valence-electron chi connectivity index (χ3n) is 14.7. The molecule has 21 nitrogen and oxygen atoms in total. The minimum Gasteiger partial charge on any atom is -0.437 e. The molecule has 27 heteroatoms. The molecule has 0 aromatic rings. The van der Waals surface area contributed by atoms with Crippen LogP contribution >= 0.6 is 48.0 Å². The molecule has 0 aromatic heterocycles. The third-order valence-corrected chi connectivity index (χ3v) is 14.7. The number of nitrogens with zero attached hydrogens (tertiary/aromatic N) is 6. The zero-order valence-electron chi connectivity index (χ0n) is 50.2. The highest BCUT2D eigenvalue weighted by atomic mass is 35.5. The summed E-state index contributed by atoms with van der Waals surface area (Å²) in [6, 6.07) is 2.68. The number of urea groups is 2. The second-order valence-corrected chi connectivity index (χ2v) is 22.2. The fraction of sp³-hybridized carbons (Fsp3) is 0.925. The summed E-state index contributed by atoms with van der Waals surface area (Å²) >= 11 is 9.53. The van der Waals surface area contributed by atoms with Gasteiger partial charge < -0.3 is 92.5 Å². The number of rotatable bonds is 17. The predicted molar refractivity (Wildman–Crippen MR) is 340 cm³/mol. The molecular weight excluding hydrogens is 1110 g/mol. The van der Waals surface area contributed by atoms with Gasteiger partial charge in [0.15, 0.2) is 0 Å². The standard InChI is InChI=1S/C10H24BN3O.C10H19N3O.C9H17N3O.C9H21N3.C6H11NO.C4H10BN2O.C4H8O.CH2Cl2.2ClH/c1-11(15)13-7-3-6-12-10-4-8-14(2)9-5-10;1-12-7-3-9(4-8-12)13-6-2-5-11-10(13)14;13-9-11-4-1-7-12(9)8-2-5-10-6-3-8;1-12-7-3-9(4-8-12)11-6-2-5-10;1-7-4-2-6(8)3-5-7;6-2-1-3-7-5-4-8;1-2-4-5-3-1;2-1-3;;/h10,12-13,15H,3-9H2,1-2H3;9H,2-8H2,1H3,(H,11,14);8,10H,1-7H2,(H,11,13);9,11H,2-8,10H2,1H3;2-5H2,1H3;4,7H,1-3,6H2;1-4H2;1H2;2*1H. The number of carbonyl (C=O) groups excluding carboxylic acids is 4. The highest BCUT2D eigenvalue weighted by molar-refractivity contribution is 6.64. The maximum absolute atomic E-state index is 11.6. The van der Waals surface area contributed by atoms with Crippen LogP contribution in [0.4, 0.5) is 9.59 Å². The molecule has 0 saturated carbocycles. The molecule has 0 spiro atoms. The number of ether oxygens (including phenoxy) is 1. The lowest BCUT2D eigenvalue weighted by atomic mass is 9.89. The first-order chi connectivity index (χ1) is 37.8. The van der Waals surface area contributed by atoms with Crippen LogP contribution in [0.25, 0.3) is 0 Å². The number of piperidine rings is 5. The van der Waals surface area contributed by atoms with E-state index in [1.54, 1.807) is 6.82 Å². The number of nitrogens with two attached hydrogens (primary N) is 2. The molecule has 0 aliphatic carbocycles. The maximum Gasteiger partial charge on any atom is 0.373 e. The van der Waals surface area contributed by atoms with E-state index in [0.717, 1.165) is 194 Å². The van der Waals surface area contributed by atoms with Crippen molar-refractivity contribution in [1.29, 1.82) is 0 Å². The van der Waals surface area contributed by atoms with E-state index in [4.69, 9.17) is 44.4 Å². The van der Waals surface area contributed by atoms with Gasteiger partial charge in [0.05, 0.1) is 11.5 Å². The van der Waals surface area contributed by atoms with E-state index < -0.39 is 0 Å². The first-order valence-corrected chi connectivity index (χ1v) is 30.9. The smallest absolute Gasteiger partial charge is 0.373 e. The number of likely N-dealkylation sites (tertiary alicyclic amines) is 4. The maximum atomic E-state index is 11.6. The third kappa shape index (κ3) is 44.2. The first kappa shape index (κ1) is 80.7. The fourth-order valence-electron chi connectivity index (χ4n) is 9.67. The Morgan fingerprint density at radius 1 is 0.613 bits per heavy atom. The van der Waals surface area contributed by atoms with E-state index in [1.165, 1.54) is 72.1 Å². The quantitative estimate of drug-likeness (QED) is 0.0435. The number of amides is 4. The van der Waals surface area contributed by atoms with E-state index in [1.807, 2.05) is 16.8 Å². The van der Waals surface area contributed by atoms with Crippen LogP contribution in [0.15, 0.2) is 0 Å². The molecule has 8 fully saturated rings. The molecule has 0 unspecified atom stereocenters. The summed E-state index contributed by atoms with van der Waals surface area (Å²) < 4.78 is 4.94. The lowest BCUT2D eigenvalue weighted by Gasteiger charge is -2.39. The molecule has 4 amide bonds. The fourth-order valence-corrected chi connectivity index (χ4v) is 9.67. The Morgan fingerprint density at radius 2 is 1.02 bits per heavy atom. The molecule has 0 aromatic carbocycles. The number of ketones is 1. The zero-order chi connectivity index (χ0) is 57.4. The number of halogens is 4. The summed E-state index contributed by atoms with van der Waals surface area (Å²) in [5, 5.41) is 31.2. The van der Waals surface area contributed by atoms with Crippen molar-refractivity contribution in [2.45, 2.75) is 140 Å². The lowest BCUT2D eigenvalue weighted by molar-refractivity contribution is -0.121. The second-order valence-electron chi connectivity index (χ2n) is 21.4. The summed E-state index contributed by atoms with van der Waals surface area (Å²) in [5.74, 6) is 0.420. The van der Waals surface area contributed by atoms with Gasteiger partial charge in [0.2, 0.25) is 0 Å². The van der Waals surface area contributed by atoms with E-state index >= 15 is 0 Å². The average molecular weight is 1220 g/mol. The van der Waals surface area contributed by atoms with Crippen molar-refractivity contribution in [3.63, 3.8) is 0 Å². The molecule has 8 aliphatic rings. The molecule has 8 saturated heterocycles. The van der Waals surface area contributed by atoms with Crippen LogP contribution in [0, 0.1) is 0 Å². The Balaban J connectivity index is 0.